The molecule has 1 saturated heterocycles. The van der Waals surface area contributed by atoms with Crippen LogP contribution in [0.15, 0.2) is 64.6 Å². The number of phenolic OH excluding ortho intramolecular Hbond substituents is 1. The van der Waals surface area contributed by atoms with Crippen LogP contribution in [0.2, 0.25) is 0 Å². The lowest BCUT2D eigenvalue weighted by molar-refractivity contribution is -0.142. The van der Waals surface area contributed by atoms with E-state index in [9.17, 15) is 57.8 Å². The third-order valence-corrected chi connectivity index (χ3v) is 13.5. The Labute approximate surface area is 500 Å². The van der Waals surface area contributed by atoms with Crippen molar-refractivity contribution >= 4 is 76.9 Å². The van der Waals surface area contributed by atoms with Gasteiger partial charge in [-0.1, -0.05) is 56.3 Å². The molecular formula is C56H88N18O12. The normalized spacial score (nSPS) is 15.1. The number of unbranched alkanes of at least 4 members (excludes halogenated alkanes) is 1. The minimum absolute atomic E-state index is 0.00420. The fraction of sp³-hybridized carbons (Fsp3) is 0.554. The van der Waals surface area contributed by atoms with Crippen LogP contribution in [0.1, 0.15) is 103 Å². The lowest BCUT2D eigenvalue weighted by Gasteiger charge is -2.30. The molecule has 0 saturated carbocycles. The maximum atomic E-state index is 14.3. The summed E-state index contributed by atoms with van der Waals surface area (Å²) in [6, 6.07) is 4.97. The van der Waals surface area contributed by atoms with Gasteiger partial charge in [0.15, 0.2) is 11.9 Å². The molecule has 30 nitrogen and oxygen atoms in total. The number of aliphatic imine (C=N–C) groups is 2. The lowest BCUT2D eigenvalue weighted by Crippen LogP contribution is -2.59. The largest absolute Gasteiger partial charge is 0.508 e. The van der Waals surface area contributed by atoms with Gasteiger partial charge in [-0.05, 0) is 107 Å². The van der Waals surface area contributed by atoms with Gasteiger partial charge in [0.25, 0.3) is 0 Å². The number of likely N-dealkylation sites (tertiary alicyclic amines) is 1. The minimum atomic E-state index is -1.36. The summed E-state index contributed by atoms with van der Waals surface area (Å²) in [7, 11) is 0. The van der Waals surface area contributed by atoms with E-state index in [1.54, 1.807) is 56.3 Å². The molecule has 0 aromatic heterocycles. The molecule has 0 spiro atoms. The van der Waals surface area contributed by atoms with Gasteiger partial charge in [0.1, 0.15) is 54.1 Å². The molecule has 8 atom stereocenters. The highest BCUT2D eigenvalue weighted by Crippen LogP contribution is 2.21. The first-order valence-electron chi connectivity index (χ1n) is 28.6. The highest BCUT2D eigenvalue weighted by atomic mass is 16.3. The Morgan fingerprint density at radius 2 is 1.10 bits per heavy atom. The average Bonchev–Trinajstić information content (AvgIpc) is 4.14. The van der Waals surface area contributed by atoms with Gasteiger partial charge in [0.05, 0.1) is 13.1 Å². The van der Waals surface area contributed by atoms with Crippen LogP contribution in [-0.4, -0.2) is 175 Å². The lowest BCUT2D eigenvalue weighted by atomic mass is 10.00. The fourth-order valence-electron chi connectivity index (χ4n) is 9.17. The van der Waals surface area contributed by atoms with Crippen molar-refractivity contribution in [1.82, 2.24) is 52.8 Å². The Balaban J connectivity index is 1.79. The Kier molecular flexibility index (Phi) is 30.8. The van der Waals surface area contributed by atoms with Gasteiger partial charge in [-0.2, -0.15) is 0 Å². The Bertz CT molecular complexity index is 2670. The molecule has 22 N–H and O–H groups in total. The van der Waals surface area contributed by atoms with Crippen molar-refractivity contribution in [3.05, 3.63) is 65.7 Å². The summed E-state index contributed by atoms with van der Waals surface area (Å²) in [6.45, 7) is 5.60. The Morgan fingerprint density at radius 3 is 1.69 bits per heavy atom. The van der Waals surface area contributed by atoms with E-state index in [0.29, 0.717) is 36.9 Å². The standard InChI is InChI=1S/C56H88N18O12/c1-32(2)27-41(73-52(84)43(28-35-13-6-5-7-14-35)69-46(78)31-65-45(77)30-66-49(81)42(68-34(4)75)29-36-19-21-37(76)22-20-36)51(83)71-39(16-10-24-63-55(59)60)50(82)67-33(3)48(80)72-40(17-11-25-64-56(61)62)54(86)74-26-12-18-44(74)53(85)70-38(47(58)79)15-8-9-23-57/h5-7,13-14,19-22,32-33,38-44,76H,8-12,15-18,23-31,57H2,1-4H3,(H2,58,79)(H,65,77)(H,66,81)(H,67,82)(H,68,75)(H,69,78)(H,70,85)(H,71,83)(H,72,80)(H,73,84)(H4,59,60,63)(H4,61,62,64)/t33-,38+,39+,40+,41+,42+,43+,44-/m1/s1. The average molecular weight is 1210 g/mol. The van der Waals surface area contributed by atoms with Crippen LogP contribution in [0.3, 0.4) is 0 Å². The Morgan fingerprint density at radius 1 is 0.570 bits per heavy atom. The van der Waals surface area contributed by atoms with Gasteiger partial charge < -0.3 is 92.3 Å². The molecule has 2 aromatic carbocycles. The second-order valence-electron chi connectivity index (χ2n) is 21.3. The number of guanidine groups is 2. The second kappa shape index (κ2) is 37.3. The maximum absolute atomic E-state index is 14.3. The number of rotatable bonds is 37. The zero-order valence-corrected chi connectivity index (χ0v) is 49.4. The van der Waals surface area contributed by atoms with Gasteiger partial charge >= 0.3 is 0 Å². The molecule has 0 radical (unpaired) electrons. The van der Waals surface area contributed by atoms with E-state index in [1.807, 2.05) is 0 Å². The smallest absolute Gasteiger partial charge is 0.245 e. The third-order valence-electron chi connectivity index (χ3n) is 13.5. The molecule has 1 aliphatic heterocycles. The predicted molar refractivity (Wildman–Crippen MR) is 319 cm³/mol. The third kappa shape index (κ3) is 26.7. The number of hydrogen-bond donors (Lipinski definition) is 16. The van der Waals surface area contributed by atoms with Crippen LogP contribution in [0, 0.1) is 5.92 Å². The SMILES string of the molecule is CC(=O)N[C@@H](Cc1ccc(O)cc1)C(=O)NCC(=O)NCC(=O)N[C@@H](Cc1ccccc1)C(=O)N[C@@H](CC(C)C)C(=O)N[C@@H](CCCN=C(N)N)C(=O)N[C@H](C)C(=O)N[C@@H](CCCN=C(N)N)C(=O)N1CCC[C@@H]1C(=O)N[C@@H](CCCCN)C(N)=O. The zero-order chi connectivity index (χ0) is 63.9. The number of carbonyl (C=O) groups is 11. The zero-order valence-electron chi connectivity index (χ0n) is 49.4. The first kappa shape index (κ1) is 71.2. The number of primary amides is 1. The van der Waals surface area contributed by atoms with Gasteiger partial charge in [0, 0.05) is 39.4 Å². The van der Waals surface area contributed by atoms with Crippen molar-refractivity contribution in [3.63, 3.8) is 0 Å². The van der Waals surface area contributed by atoms with E-state index in [4.69, 9.17) is 34.4 Å². The van der Waals surface area contributed by atoms with E-state index < -0.39 is 126 Å². The molecule has 0 unspecified atom stereocenters. The van der Waals surface area contributed by atoms with Crippen molar-refractivity contribution in [2.45, 2.75) is 153 Å². The molecule has 1 aliphatic rings. The fourth-order valence-corrected chi connectivity index (χ4v) is 9.17. The van der Waals surface area contributed by atoms with Crippen molar-refractivity contribution in [2.75, 3.05) is 39.3 Å². The summed E-state index contributed by atoms with van der Waals surface area (Å²) in [5.74, 6) is -8.62. The quantitative estimate of drug-likeness (QED) is 0.0173. The van der Waals surface area contributed by atoms with Crippen molar-refractivity contribution in [2.24, 2.45) is 50.3 Å². The number of hydrogen-bond acceptors (Lipinski definition) is 15. The van der Waals surface area contributed by atoms with E-state index in [1.165, 1.54) is 30.9 Å². The molecule has 86 heavy (non-hydrogen) atoms. The summed E-state index contributed by atoms with van der Waals surface area (Å²) < 4.78 is 0. The highest BCUT2D eigenvalue weighted by molar-refractivity contribution is 5.98. The first-order chi connectivity index (χ1) is 40.8. The molecule has 30 heteroatoms. The summed E-state index contributed by atoms with van der Waals surface area (Å²) in [5.41, 5.74) is 34.5. The van der Waals surface area contributed by atoms with Crippen molar-refractivity contribution in [3.8, 4) is 5.75 Å². The van der Waals surface area contributed by atoms with Crippen LogP contribution in [0.4, 0.5) is 0 Å². The van der Waals surface area contributed by atoms with E-state index >= 15 is 0 Å². The van der Waals surface area contributed by atoms with Gasteiger partial charge in [-0.3, -0.25) is 62.7 Å². The monoisotopic (exact) mass is 1200 g/mol. The van der Waals surface area contributed by atoms with Gasteiger partial charge in [-0.15, -0.1) is 0 Å². The highest BCUT2D eigenvalue weighted by Gasteiger charge is 2.39. The molecular weight excluding hydrogens is 1120 g/mol. The molecule has 1 fully saturated rings. The van der Waals surface area contributed by atoms with Crippen LogP contribution >= 0.6 is 0 Å². The molecule has 3 rings (SSSR count). The van der Waals surface area contributed by atoms with Gasteiger partial charge in [-0.25, -0.2) is 0 Å². The Hall–Kier alpha value is -9.09. The summed E-state index contributed by atoms with van der Waals surface area (Å²) in [5, 5.41) is 32.9. The van der Waals surface area contributed by atoms with E-state index in [-0.39, 0.29) is 101 Å². The van der Waals surface area contributed by atoms with Crippen LogP contribution < -0.4 is 82.3 Å². The maximum Gasteiger partial charge on any atom is 0.245 e. The van der Waals surface area contributed by atoms with Crippen LogP contribution in [0.5, 0.6) is 5.75 Å². The summed E-state index contributed by atoms with van der Waals surface area (Å²) in [6.07, 6.45) is 2.37. The number of benzene rings is 2. The van der Waals surface area contributed by atoms with E-state index in [0.717, 1.165) is 0 Å². The molecule has 1 heterocycles. The molecule has 11 amide bonds. The number of amides is 11. The minimum Gasteiger partial charge on any atom is -0.508 e. The molecule has 0 bridgehead atoms. The topological polar surface area (TPSA) is 500 Å². The number of aromatic hydroxyl groups is 1. The molecule has 0 aliphatic carbocycles. The van der Waals surface area contributed by atoms with Crippen LogP contribution in [0.25, 0.3) is 0 Å². The summed E-state index contributed by atoms with van der Waals surface area (Å²) in [4.78, 5) is 157. The van der Waals surface area contributed by atoms with Crippen molar-refractivity contribution < 1.29 is 57.8 Å². The number of phenols is 1. The number of nitrogens with zero attached hydrogens (tertiary/aromatic N) is 3. The summed E-state index contributed by atoms with van der Waals surface area (Å²) >= 11 is 0. The predicted octanol–water partition coefficient (Wildman–Crippen LogP) is -4.40. The van der Waals surface area contributed by atoms with Crippen LogP contribution in [-0.2, 0) is 65.6 Å². The number of nitrogens with one attached hydrogen (secondary N) is 9. The number of nitrogens with two attached hydrogens (primary N) is 6. The number of carbonyl (C=O) groups excluding carboxylic acids is 11. The molecule has 474 valence electrons. The van der Waals surface area contributed by atoms with Crippen molar-refractivity contribution in [1.29, 1.82) is 0 Å². The van der Waals surface area contributed by atoms with E-state index in [2.05, 4.69) is 57.8 Å². The molecule has 2 aromatic rings. The second-order valence-corrected chi connectivity index (χ2v) is 21.3. The first-order valence-corrected chi connectivity index (χ1v) is 28.6. The van der Waals surface area contributed by atoms with Gasteiger partial charge in [0.2, 0.25) is 65.0 Å².